The second kappa shape index (κ2) is 6.97. The second-order valence-corrected chi connectivity index (χ2v) is 7.99. The molecule has 1 aliphatic carbocycles. The van der Waals surface area contributed by atoms with Crippen molar-refractivity contribution in [1.29, 1.82) is 0 Å². The van der Waals surface area contributed by atoms with Gasteiger partial charge >= 0.3 is 11.9 Å². The Kier molecular flexibility index (Phi) is 4.75. The van der Waals surface area contributed by atoms with Crippen molar-refractivity contribution < 1.29 is 28.2 Å². The number of carbonyl (C=O) groups excluding carboxylic acids is 2. The molecule has 7 heteroatoms. The molecule has 28 heavy (non-hydrogen) atoms. The number of esters is 2. The lowest BCUT2D eigenvalue weighted by Crippen LogP contribution is -2.45. The molecule has 1 saturated heterocycles. The Balaban J connectivity index is 1.53. The van der Waals surface area contributed by atoms with Crippen molar-refractivity contribution in [2.75, 3.05) is 0 Å². The predicted molar refractivity (Wildman–Crippen MR) is 102 cm³/mol. The molecule has 1 saturated carbocycles. The van der Waals surface area contributed by atoms with E-state index in [0.29, 0.717) is 11.1 Å². The number of alkyl halides is 2. The van der Waals surface area contributed by atoms with Crippen LogP contribution < -0.4 is 0 Å². The molecule has 1 aliphatic heterocycles. The highest BCUT2D eigenvalue weighted by Gasteiger charge is 2.77. The molecule has 1 spiro atoms. The quantitative estimate of drug-likeness (QED) is 0.521. The van der Waals surface area contributed by atoms with Crippen LogP contribution in [0.4, 0.5) is 4.39 Å². The second-order valence-electron chi connectivity index (χ2n) is 7.16. The summed E-state index contributed by atoms with van der Waals surface area (Å²) in [6, 6.07) is 16.8. The van der Waals surface area contributed by atoms with Crippen molar-refractivity contribution in [3.63, 3.8) is 0 Å². The van der Waals surface area contributed by atoms with E-state index < -0.39 is 40.4 Å². The fourth-order valence-corrected chi connectivity index (χ4v) is 4.06. The fraction of sp³-hybridized carbons (Fsp3) is 0.333. The number of ether oxygens (including phenoxy) is 3. The molecule has 0 radical (unpaired) electrons. The molecule has 0 aromatic heterocycles. The van der Waals surface area contributed by atoms with Crippen LogP contribution in [0.1, 0.15) is 34.1 Å². The average molecular weight is 449 g/mol. The van der Waals surface area contributed by atoms with E-state index >= 15 is 4.39 Å². The van der Waals surface area contributed by atoms with Crippen LogP contribution in [0, 0.1) is 0 Å². The van der Waals surface area contributed by atoms with E-state index in [1.165, 1.54) is 6.92 Å². The molecular weight excluding hydrogens is 431 g/mol. The van der Waals surface area contributed by atoms with Crippen LogP contribution in [0.3, 0.4) is 0 Å². The third-order valence-electron chi connectivity index (χ3n) is 5.11. The van der Waals surface area contributed by atoms with Crippen LogP contribution in [0.15, 0.2) is 60.7 Å². The van der Waals surface area contributed by atoms with Crippen molar-refractivity contribution in [2.24, 2.45) is 0 Å². The van der Waals surface area contributed by atoms with Crippen LogP contribution in [-0.2, 0) is 14.2 Å². The zero-order valence-electron chi connectivity index (χ0n) is 15.0. The molecule has 2 aliphatic rings. The topological polar surface area (TPSA) is 61.8 Å². The first kappa shape index (κ1) is 19.1. The molecule has 1 unspecified atom stereocenters. The summed E-state index contributed by atoms with van der Waals surface area (Å²) < 4.78 is 32.1. The van der Waals surface area contributed by atoms with E-state index in [-0.39, 0.29) is 6.42 Å². The Morgan fingerprint density at radius 3 is 2.04 bits per heavy atom. The number of hydrogen-bond donors (Lipinski definition) is 0. The van der Waals surface area contributed by atoms with Gasteiger partial charge in [-0.25, -0.2) is 14.0 Å². The van der Waals surface area contributed by atoms with Crippen molar-refractivity contribution in [3.05, 3.63) is 71.8 Å². The zero-order chi connectivity index (χ0) is 19.9. The molecule has 5 nitrogen and oxygen atoms in total. The van der Waals surface area contributed by atoms with Crippen LogP contribution >= 0.6 is 15.9 Å². The van der Waals surface area contributed by atoms with Gasteiger partial charge in [-0.15, -0.1) is 0 Å². The van der Waals surface area contributed by atoms with E-state index in [1.54, 1.807) is 60.7 Å². The number of halogens is 2. The number of benzene rings is 2. The molecular formula is C21H18BrFO5. The SMILES string of the molecule is C[C@@]1(F)[C@H](OC(=O)c2ccccc2)C2(C[C@H]2OC(=O)c2ccccc2)O[C@@H]1Br. The zero-order valence-corrected chi connectivity index (χ0v) is 16.6. The van der Waals surface area contributed by atoms with Crippen LogP contribution in [-0.4, -0.2) is 40.4 Å². The molecule has 2 fully saturated rings. The summed E-state index contributed by atoms with van der Waals surface area (Å²) >= 11 is 3.17. The Hall–Kier alpha value is -2.25. The first-order valence-corrected chi connectivity index (χ1v) is 9.79. The van der Waals surface area contributed by atoms with Crippen LogP contribution in [0.25, 0.3) is 0 Å². The summed E-state index contributed by atoms with van der Waals surface area (Å²) in [6.07, 6.45) is -1.67. The van der Waals surface area contributed by atoms with Gasteiger partial charge in [0.2, 0.25) is 0 Å². The highest BCUT2D eigenvalue weighted by molar-refractivity contribution is 9.09. The molecule has 0 N–H and O–H groups in total. The normalized spacial score (nSPS) is 33.5. The highest BCUT2D eigenvalue weighted by atomic mass is 79.9. The molecule has 1 heterocycles. The Bertz CT molecular complexity index is 888. The number of rotatable bonds is 4. The third-order valence-corrected chi connectivity index (χ3v) is 6.19. The third kappa shape index (κ3) is 3.22. The van der Waals surface area contributed by atoms with Gasteiger partial charge in [0.05, 0.1) is 11.1 Å². The van der Waals surface area contributed by atoms with Gasteiger partial charge in [0, 0.05) is 6.42 Å². The maximum atomic E-state index is 15.3. The summed E-state index contributed by atoms with van der Waals surface area (Å²) in [5, 5.41) is -0.992. The van der Waals surface area contributed by atoms with Gasteiger partial charge in [0.15, 0.2) is 22.4 Å². The van der Waals surface area contributed by atoms with E-state index in [1.807, 2.05) is 0 Å². The standard InChI is InChI=1S/C21H18BrFO5/c1-20(23)18(27-17(25)14-10-6-3-7-11-14)21(28-19(20)22)12-15(21)26-16(24)13-8-4-2-5-9-13/h2-11,15,18-19H,12H2,1H3/t15-,18+,19+,20-,21?/m1/s1. The maximum Gasteiger partial charge on any atom is 0.338 e. The smallest absolute Gasteiger partial charge is 0.338 e. The van der Waals surface area contributed by atoms with E-state index in [9.17, 15) is 9.59 Å². The van der Waals surface area contributed by atoms with E-state index in [2.05, 4.69) is 15.9 Å². The van der Waals surface area contributed by atoms with Gasteiger partial charge in [-0.1, -0.05) is 52.3 Å². The summed E-state index contributed by atoms with van der Waals surface area (Å²) in [5.74, 6) is -1.18. The molecule has 2 aromatic rings. The number of hydrogen-bond acceptors (Lipinski definition) is 5. The van der Waals surface area contributed by atoms with Gasteiger partial charge in [0.25, 0.3) is 0 Å². The first-order chi connectivity index (χ1) is 13.3. The molecule has 5 atom stereocenters. The molecule has 2 aromatic carbocycles. The Morgan fingerprint density at radius 1 is 1.00 bits per heavy atom. The lowest BCUT2D eigenvalue weighted by molar-refractivity contribution is -0.0499. The lowest BCUT2D eigenvalue weighted by Gasteiger charge is -2.26. The van der Waals surface area contributed by atoms with Gasteiger partial charge in [0.1, 0.15) is 6.10 Å². The fourth-order valence-electron chi connectivity index (χ4n) is 3.47. The van der Waals surface area contributed by atoms with Gasteiger partial charge in [-0.3, -0.25) is 0 Å². The summed E-state index contributed by atoms with van der Waals surface area (Å²) in [7, 11) is 0. The van der Waals surface area contributed by atoms with E-state index in [0.717, 1.165) is 0 Å². The Morgan fingerprint density at radius 2 is 1.50 bits per heavy atom. The van der Waals surface area contributed by atoms with Crippen LogP contribution in [0.2, 0.25) is 0 Å². The minimum absolute atomic E-state index is 0.250. The predicted octanol–water partition coefficient (Wildman–Crippen LogP) is 4.06. The average Bonchev–Trinajstić information content (AvgIpc) is 3.34. The summed E-state index contributed by atoms with van der Waals surface area (Å²) in [6.45, 7) is 1.30. The molecule has 0 amide bonds. The van der Waals surface area contributed by atoms with Crippen molar-refractivity contribution in [1.82, 2.24) is 0 Å². The largest absolute Gasteiger partial charge is 0.455 e. The molecule has 0 bridgehead atoms. The monoisotopic (exact) mass is 448 g/mol. The minimum Gasteiger partial charge on any atom is -0.455 e. The van der Waals surface area contributed by atoms with Gasteiger partial charge < -0.3 is 14.2 Å². The minimum atomic E-state index is -1.99. The Labute approximate surface area is 169 Å². The van der Waals surface area contributed by atoms with Crippen molar-refractivity contribution in [2.45, 2.75) is 41.8 Å². The summed E-state index contributed by atoms with van der Waals surface area (Å²) in [5.41, 5.74) is -2.49. The van der Waals surface area contributed by atoms with Gasteiger partial charge in [-0.2, -0.15) is 0 Å². The van der Waals surface area contributed by atoms with E-state index in [4.69, 9.17) is 14.2 Å². The van der Waals surface area contributed by atoms with Crippen molar-refractivity contribution >= 4 is 27.9 Å². The highest BCUT2D eigenvalue weighted by Crippen LogP contribution is 2.59. The number of carbonyl (C=O) groups is 2. The first-order valence-electron chi connectivity index (χ1n) is 8.87. The molecule has 4 rings (SSSR count). The lowest BCUT2D eigenvalue weighted by atomic mass is 9.98. The van der Waals surface area contributed by atoms with Crippen LogP contribution in [0.5, 0.6) is 0 Å². The maximum absolute atomic E-state index is 15.3. The molecule has 146 valence electrons. The van der Waals surface area contributed by atoms with Crippen molar-refractivity contribution in [3.8, 4) is 0 Å². The van der Waals surface area contributed by atoms with Gasteiger partial charge in [-0.05, 0) is 31.2 Å². The summed E-state index contributed by atoms with van der Waals surface area (Å²) in [4.78, 5) is 24.8.